The van der Waals surface area contributed by atoms with Crippen molar-refractivity contribution in [3.8, 4) is 0 Å². The van der Waals surface area contributed by atoms with Crippen molar-refractivity contribution in [2.75, 3.05) is 25.1 Å². The topological polar surface area (TPSA) is 49.4 Å². The summed E-state index contributed by atoms with van der Waals surface area (Å²) in [7, 11) is -0.882. The van der Waals surface area contributed by atoms with Crippen LogP contribution < -0.4 is 5.32 Å². The number of carbonyl (C=O) groups excluding carboxylic acids is 1. The fourth-order valence-corrected chi connectivity index (χ4v) is 3.85. The molecular formula is C18H28N2O2S. The van der Waals surface area contributed by atoms with Crippen LogP contribution in [0.4, 0.5) is 0 Å². The normalized spacial score (nSPS) is 20.7. The maximum atomic E-state index is 12.5. The van der Waals surface area contributed by atoms with Crippen molar-refractivity contribution in [3.63, 3.8) is 0 Å². The molecule has 1 aliphatic rings. The van der Waals surface area contributed by atoms with Crippen LogP contribution in [0.25, 0.3) is 0 Å². The molecule has 1 amide bonds. The zero-order chi connectivity index (χ0) is 16.9. The molecule has 1 aliphatic heterocycles. The van der Waals surface area contributed by atoms with Gasteiger partial charge in [0.05, 0.1) is 0 Å². The van der Waals surface area contributed by atoms with Gasteiger partial charge in [0.25, 0.3) is 0 Å². The van der Waals surface area contributed by atoms with Gasteiger partial charge in [-0.1, -0.05) is 37.3 Å². The summed E-state index contributed by atoms with van der Waals surface area (Å²) in [6.45, 7) is 6.80. The van der Waals surface area contributed by atoms with Gasteiger partial charge in [0.2, 0.25) is 5.91 Å². The molecule has 1 fully saturated rings. The van der Waals surface area contributed by atoms with Gasteiger partial charge in [0, 0.05) is 40.8 Å². The molecule has 2 atom stereocenters. The van der Waals surface area contributed by atoms with Gasteiger partial charge in [0.1, 0.15) is 0 Å². The fourth-order valence-electron chi connectivity index (χ4n) is 3.07. The Hall–Kier alpha value is -1.20. The third-order valence-corrected chi connectivity index (χ3v) is 5.59. The van der Waals surface area contributed by atoms with Gasteiger partial charge >= 0.3 is 0 Å². The second-order valence-corrected chi connectivity index (χ2v) is 8.42. The summed E-state index contributed by atoms with van der Waals surface area (Å²) in [5.41, 5.74) is 1.01. The van der Waals surface area contributed by atoms with Gasteiger partial charge in [-0.2, -0.15) is 0 Å². The van der Waals surface area contributed by atoms with Crippen LogP contribution >= 0.6 is 0 Å². The van der Waals surface area contributed by atoms with Gasteiger partial charge in [-0.15, -0.1) is 0 Å². The van der Waals surface area contributed by atoms with E-state index in [1.807, 2.05) is 13.0 Å². The lowest BCUT2D eigenvalue weighted by molar-refractivity contribution is -0.133. The van der Waals surface area contributed by atoms with E-state index in [0.717, 1.165) is 32.5 Å². The lowest BCUT2D eigenvalue weighted by Gasteiger charge is -2.38. The minimum Gasteiger partial charge on any atom is -0.352 e. The van der Waals surface area contributed by atoms with Crippen LogP contribution in [0.5, 0.6) is 0 Å². The minimum absolute atomic E-state index is 0.0347. The monoisotopic (exact) mass is 336 g/mol. The molecule has 0 spiro atoms. The first-order chi connectivity index (χ1) is 10.9. The van der Waals surface area contributed by atoms with Gasteiger partial charge in [-0.05, 0) is 38.4 Å². The summed E-state index contributed by atoms with van der Waals surface area (Å²) in [4.78, 5) is 15.0. The molecule has 0 saturated carbocycles. The molecular weight excluding hydrogens is 308 g/mol. The molecule has 0 bridgehead atoms. The van der Waals surface area contributed by atoms with E-state index in [9.17, 15) is 9.00 Å². The Balaban J connectivity index is 1.84. The number of hydrogen-bond acceptors (Lipinski definition) is 3. The molecule has 0 unspecified atom stereocenters. The van der Waals surface area contributed by atoms with Crippen LogP contribution in [0, 0.1) is 5.41 Å². The molecule has 1 N–H and O–H groups in total. The highest BCUT2D eigenvalue weighted by molar-refractivity contribution is 7.84. The van der Waals surface area contributed by atoms with Gasteiger partial charge < -0.3 is 5.32 Å². The molecule has 1 aromatic rings. The van der Waals surface area contributed by atoms with E-state index in [1.165, 1.54) is 5.56 Å². The number of likely N-dealkylation sites (tertiary alicyclic amines) is 1. The molecule has 128 valence electrons. The van der Waals surface area contributed by atoms with Crippen molar-refractivity contribution >= 4 is 16.7 Å². The van der Waals surface area contributed by atoms with Gasteiger partial charge in [-0.25, -0.2) is 0 Å². The smallest absolute Gasteiger partial charge is 0.226 e. The second kappa shape index (κ2) is 8.06. The molecule has 2 rings (SSSR count). The number of carbonyl (C=O) groups is 1. The van der Waals surface area contributed by atoms with E-state index >= 15 is 0 Å². The van der Waals surface area contributed by atoms with E-state index in [2.05, 4.69) is 41.4 Å². The quantitative estimate of drug-likeness (QED) is 0.866. The van der Waals surface area contributed by atoms with Crippen LogP contribution in [0.1, 0.15) is 32.3 Å². The lowest BCUT2D eigenvalue weighted by Crippen LogP contribution is -2.49. The predicted molar refractivity (Wildman–Crippen MR) is 95.6 cm³/mol. The first kappa shape index (κ1) is 18.1. The Morgan fingerprint density at radius 2 is 1.91 bits per heavy atom. The van der Waals surface area contributed by atoms with Crippen molar-refractivity contribution in [2.45, 2.75) is 39.3 Å². The van der Waals surface area contributed by atoms with Crippen LogP contribution in [-0.4, -0.2) is 46.2 Å². The number of benzene rings is 1. The summed E-state index contributed by atoms with van der Waals surface area (Å²) < 4.78 is 11.3. The number of hydrogen-bond donors (Lipinski definition) is 1. The zero-order valence-electron chi connectivity index (χ0n) is 14.4. The van der Waals surface area contributed by atoms with Crippen LogP contribution in [0.2, 0.25) is 0 Å². The van der Waals surface area contributed by atoms with Crippen LogP contribution in [0.3, 0.4) is 0 Å². The Labute approximate surface area is 142 Å². The van der Waals surface area contributed by atoms with Crippen molar-refractivity contribution < 1.29 is 9.00 Å². The Bertz CT molecular complexity index is 539. The fraction of sp³-hybridized carbons (Fsp3) is 0.611. The van der Waals surface area contributed by atoms with Crippen molar-refractivity contribution in [1.29, 1.82) is 0 Å². The number of rotatable bonds is 6. The number of nitrogens with zero attached hydrogens (tertiary/aromatic N) is 1. The average molecular weight is 337 g/mol. The molecule has 0 aromatic heterocycles. The standard InChI is InChI=1S/C18H28N2O2S/c1-15(14-23(3)22)19-17(21)18(2)9-11-20(12-10-18)13-16-7-5-4-6-8-16/h4-8,15H,9-14H2,1-3H3,(H,19,21)/t15-,23-/m0/s1. The van der Waals surface area contributed by atoms with E-state index in [0.29, 0.717) is 5.75 Å². The molecule has 1 heterocycles. The minimum atomic E-state index is -0.882. The highest BCUT2D eigenvalue weighted by Crippen LogP contribution is 2.31. The number of piperidine rings is 1. The molecule has 0 aliphatic carbocycles. The average Bonchev–Trinajstić information content (AvgIpc) is 2.50. The van der Waals surface area contributed by atoms with Gasteiger partial charge in [0.15, 0.2) is 0 Å². The largest absolute Gasteiger partial charge is 0.352 e. The molecule has 1 aromatic carbocycles. The predicted octanol–water partition coefficient (Wildman–Crippen LogP) is 2.17. The molecule has 0 radical (unpaired) electrons. The van der Waals surface area contributed by atoms with E-state index < -0.39 is 10.8 Å². The second-order valence-electron chi connectivity index (χ2n) is 6.94. The SMILES string of the molecule is C[C@@H](C[S@](C)=O)NC(=O)C1(C)CCN(Cc2ccccc2)CC1. The van der Waals surface area contributed by atoms with Crippen LogP contribution in [-0.2, 0) is 22.1 Å². The molecule has 4 nitrogen and oxygen atoms in total. The van der Waals surface area contributed by atoms with Crippen molar-refractivity contribution in [1.82, 2.24) is 10.2 Å². The summed E-state index contributed by atoms with van der Waals surface area (Å²) in [6.07, 6.45) is 3.41. The Kier molecular flexibility index (Phi) is 6.36. The third-order valence-electron chi connectivity index (χ3n) is 4.62. The summed E-state index contributed by atoms with van der Waals surface area (Å²) >= 11 is 0. The lowest BCUT2D eigenvalue weighted by atomic mass is 9.79. The van der Waals surface area contributed by atoms with Crippen molar-refractivity contribution in [3.05, 3.63) is 35.9 Å². The third kappa shape index (κ3) is 5.43. The highest BCUT2D eigenvalue weighted by Gasteiger charge is 2.37. The Morgan fingerprint density at radius 1 is 1.30 bits per heavy atom. The first-order valence-electron chi connectivity index (χ1n) is 8.26. The summed E-state index contributed by atoms with van der Waals surface area (Å²) in [6, 6.07) is 10.4. The molecule has 5 heteroatoms. The van der Waals surface area contributed by atoms with Crippen molar-refractivity contribution in [2.24, 2.45) is 5.41 Å². The Morgan fingerprint density at radius 3 is 2.48 bits per heavy atom. The first-order valence-corrected chi connectivity index (χ1v) is 9.99. The highest BCUT2D eigenvalue weighted by atomic mass is 32.2. The van der Waals surface area contributed by atoms with E-state index in [1.54, 1.807) is 6.26 Å². The molecule has 1 saturated heterocycles. The zero-order valence-corrected chi connectivity index (χ0v) is 15.2. The van der Waals surface area contributed by atoms with E-state index in [4.69, 9.17) is 0 Å². The van der Waals surface area contributed by atoms with Gasteiger partial charge in [-0.3, -0.25) is 13.9 Å². The number of amides is 1. The molecule has 23 heavy (non-hydrogen) atoms. The summed E-state index contributed by atoms with van der Waals surface area (Å²) in [5, 5.41) is 3.04. The summed E-state index contributed by atoms with van der Waals surface area (Å²) in [5.74, 6) is 0.622. The maximum absolute atomic E-state index is 12.5. The number of nitrogens with one attached hydrogen (secondary N) is 1. The van der Waals surface area contributed by atoms with E-state index in [-0.39, 0.29) is 17.4 Å². The van der Waals surface area contributed by atoms with Crippen LogP contribution in [0.15, 0.2) is 30.3 Å². The maximum Gasteiger partial charge on any atom is 0.226 e.